The first-order valence-corrected chi connectivity index (χ1v) is 5.04. The van der Waals surface area contributed by atoms with Gasteiger partial charge in [0.15, 0.2) is 5.13 Å². The summed E-state index contributed by atoms with van der Waals surface area (Å²) in [5.74, 6) is -0.286. The minimum absolute atomic E-state index is 0.286. The van der Waals surface area contributed by atoms with Crippen LogP contribution >= 0.6 is 11.3 Å². The molecule has 0 bridgehead atoms. The Morgan fingerprint density at radius 3 is 2.87 bits per heavy atom. The molecule has 4 nitrogen and oxygen atoms in total. The third kappa shape index (κ3) is 2.57. The number of halogens is 1. The lowest BCUT2D eigenvalue weighted by atomic mass is 10.3. The van der Waals surface area contributed by atoms with Crippen LogP contribution in [0.15, 0.2) is 30.5 Å². The Morgan fingerprint density at radius 2 is 2.20 bits per heavy atom. The second kappa shape index (κ2) is 4.14. The molecular weight excluding hydrogens is 215 g/mol. The largest absolute Gasteiger partial charge is 0.375 e. The molecule has 0 unspecified atom stereocenters. The summed E-state index contributed by atoms with van der Waals surface area (Å²) in [5.41, 5.74) is 11.8. The standard InChI is InChI=1S/C9H9FN4S/c10-6-2-1-3-7(4-6)13-14-8-5-12-9(11)15-8/h1-5,13-14H,(H2,11,12). The maximum Gasteiger partial charge on any atom is 0.182 e. The molecular formula is C9H9FN4S. The Labute approximate surface area is 89.9 Å². The number of benzene rings is 1. The first kappa shape index (κ1) is 9.72. The van der Waals surface area contributed by atoms with E-state index in [1.807, 2.05) is 0 Å². The highest BCUT2D eigenvalue weighted by Crippen LogP contribution is 2.20. The van der Waals surface area contributed by atoms with Crippen LogP contribution in [0.5, 0.6) is 0 Å². The third-order valence-corrected chi connectivity index (χ3v) is 2.42. The van der Waals surface area contributed by atoms with Gasteiger partial charge in [-0.05, 0) is 18.2 Å². The average molecular weight is 224 g/mol. The zero-order chi connectivity index (χ0) is 10.7. The molecule has 0 fully saturated rings. The van der Waals surface area contributed by atoms with Gasteiger partial charge in [-0.25, -0.2) is 9.37 Å². The number of nitrogens with one attached hydrogen (secondary N) is 2. The summed E-state index contributed by atoms with van der Waals surface area (Å²) in [6, 6.07) is 6.15. The molecule has 0 saturated heterocycles. The molecule has 1 aromatic carbocycles. The number of hydrogen-bond donors (Lipinski definition) is 3. The minimum atomic E-state index is -0.286. The van der Waals surface area contributed by atoms with Crippen molar-refractivity contribution in [2.24, 2.45) is 0 Å². The van der Waals surface area contributed by atoms with Gasteiger partial charge in [-0.15, -0.1) is 0 Å². The van der Waals surface area contributed by atoms with Gasteiger partial charge in [0, 0.05) is 0 Å². The molecule has 2 aromatic rings. The van der Waals surface area contributed by atoms with Crippen LogP contribution < -0.4 is 16.6 Å². The molecule has 0 aliphatic carbocycles. The zero-order valence-corrected chi connectivity index (χ0v) is 8.51. The van der Waals surface area contributed by atoms with Crippen molar-refractivity contribution >= 4 is 27.2 Å². The van der Waals surface area contributed by atoms with Gasteiger partial charge in [-0.2, -0.15) is 0 Å². The van der Waals surface area contributed by atoms with E-state index < -0.39 is 0 Å². The van der Waals surface area contributed by atoms with Gasteiger partial charge in [0.05, 0.1) is 11.9 Å². The SMILES string of the molecule is Nc1ncc(NNc2cccc(F)c2)s1. The highest BCUT2D eigenvalue weighted by Gasteiger charge is 1.97. The lowest BCUT2D eigenvalue weighted by Gasteiger charge is -2.06. The molecule has 4 N–H and O–H groups in total. The van der Waals surface area contributed by atoms with Crippen LogP contribution in [0.2, 0.25) is 0 Å². The maximum absolute atomic E-state index is 12.8. The number of nitrogen functional groups attached to an aromatic ring is 1. The van der Waals surface area contributed by atoms with Crippen molar-refractivity contribution in [3.63, 3.8) is 0 Å². The predicted octanol–water partition coefficient (Wildman–Crippen LogP) is 2.30. The molecule has 0 radical (unpaired) electrons. The molecule has 0 saturated carbocycles. The molecule has 1 heterocycles. The van der Waals surface area contributed by atoms with E-state index >= 15 is 0 Å². The summed E-state index contributed by atoms with van der Waals surface area (Å²) in [6.07, 6.45) is 1.60. The van der Waals surface area contributed by atoms with E-state index in [0.717, 1.165) is 5.00 Å². The Hall–Kier alpha value is -1.82. The summed E-state index contributed by atoms with van der Waals surface area (Å²) < 4.78 is 12.8. The van der Waals surface area contributed by atoms with Crippen molar-refractivity contribution in [2.45, 2.75) is 0 Å². The Balaban J connectivity index is 1.99. The molecule has 0 aliphatic rings. The minimum Gasteiger partial charge on any atom is -0.375 e. The van der Waals surface area contributed by atoms with Gasteiger partial charge in [-0.3, -0.25) is 5.43 Å². The molecule has 2 rings (SSSR count). The van der Waals surface area contributed by atoms with Crippen LogP contribution in [0.1, 0.15) is 0 Å². The lowest BCUT2D eigenvalue weighted by Crippen LogP contribution is -2.07. The van der Waals surface area contributed by atoms with Crippen LogP contribution in [0.25, 0.3) is 0 Å². The van der Waals surface area contributed by atoms with E-state index in [9.17, 15) is 4.39 Å². The molecule has 0 aliphatic heterocycles. The second-order valence-corrected chi connectivity index (χ2v) is 3.89. The van der Waals surface area contributed by atoms with E-state index in [1.54, 1.807) is 18.3 Å². The number of nitrogens with zero attached hydrogens (tertiary/aromatic N) is 1. The van der Waals surface area contributed by atoms with Crippen LogP contribution in [0.4, 0.5) is 20.2 Å². The first-order chi connectivity index (χ1) is 7.24. The number of nitrogens with two attached hydrogens (primary N) is 1. The lowest BCUT2D eigenvalue weighted by molar-refractivity contribution is 0.628. The fourth-order valence-electron chi connectivity index (χ4n) is 1.05. The second-order valence-electron chi connectivity index (χ2n) is 2.82. The van der Waals surface area contributed by atoms with Crippen LogP contribution in [0, 0.1) is 5.82 Å². The van der Waals surface area contributed by atoms with Crippen molar-refractivity contribution in [2.75, 3.05) is 16.6 Å². The molecule has 0 atom stereocenters. The fraction of sp³-hybridized carbons (Fsp3) is 0. The van der Waals surface area contributed by atoms with E-state index in [-0.39, 0.29) is 5.82 Å². The summed E-state index contributed by atoms with van der Waals surface area (Å²) in [5, 5.41) is 1.26. The first-order valence-electron chi connectivity index (χ1n) is 4.23. The normalized spacial score (nSPS) is 9.93. The van der Waals surface area contributed by atoms with E-state index in [2.05, 4.69) is 15.8 Å². The summed E-state index contributed by atoms with van der Waals surface area (Å²) >= 11 is 1.31. The Morgan fingerprint density at radius 1 is 1.33 bits per heavy atom. The average Bonchev–Trinajstić information content (AvgIpc) is 2.62. The van der Waals surface area contributed by atoms with E-state index in [4.69, 9.17) is 5.73 Å². The number of anilines is 3. The quantitative estimate of drug-likeness (QED) is 0.700. The van der Waals surface area contributed by atoms with Gasteiger partial charge < -0.3 is 11.2 Å². The molecule has 15 heavy (non-hydrogen) atoms. The van der Waals surface area contributed by atoms with Crippen molar-refractivity contribution in [1.29, 1.82) is 0 Å². The number of rotatable bonds is 3. The monoisotopic (exact) mass is 224 g/mol. The maximum atomic E-state index is 12.8. The van der Waals surface area contributed by atoms with Gasteiger partial charge in [0.1, 0.15) is 10.8 Å². The van der Waals surface area contributed by atoms with E-state index in [0.29, 0.717) is 10.8 Å². The van der Waals surface area contributed by atoms with Crippen molar-refractivity contribution < 1.29 is 4.39 Å². The van der Waals surface area contributed by atoms with Crippen molar-refractivity contribution in [3.05, 3.63) is 36.3 Å². The van der Waals surface area contributed by atoms with Gasteiger partial charge in [0.2, 0.25) is 0 Å². The molecule has 0 amide bonds. The summed E-state index contributed by atoms with van der Waals surface area (Å²) in [6.45, 7) is 0. The summed E-state index contributed by atoms with van der Waals surface area (Å²) in [7, 11) is 0. The van der Waals surface area contributed by atoms with Gasteiger partial charge in [0.25, 0.3) is 0 Å². The Bertz CT molecular complexity index is 457. The van der Waals surface area contributed by atoms with E-state index in [1.165, 1.54) is 23.5 Å². The number of hydrazine groups is 1. The molecule has 6 heteroatoms. The van der Waals surface area contributed by atoms with Crippen LogP contribution in [-0.2, 0) is 0 Å². The van der Waals surface area contributed by atoms with Gasteiger partial charge >= 0.3 is 0 Å². The smallest absolute Gasteiger partial charge is 0.182 e. The molecule has 0 spiro atoms. The van der Waals surface area contributed by atoms with Crippen LogP contribution in [-0.4, -0.2) is 4.98 Å². The van der Waals surface area contributed by atoms with Crippen molar-refractivity contribution in [1.82, 2.24) is 4.98 Å². The predicted molar refractivity (Wildman–Crippen MR) is 60.2 cm³/mol. The highest BCUT2D eigenvalue weighted by atomic mass is 32.1. The number of thiazole rings is 1. The van der Waals surface area contributed by atoms with Gasteiger partial charge in [-0.1, -0.05) is 17.4 Å². The van der Waals surface area contributed by atoms with Crippen LogP contribution in [0.3, 0.4) is 0 Å². The van der Waals surface area contributed by atoms with Crippen molar-refractivity contribution in [3.8, 4) is 0 Å². The number of aromatic nitrogens is 1. The zero-order valence-electron chi connectivity index (χ0n) is 7.70. The third-order valence-electron chi connectivity index (χ3n) is 1.68. The molecule has 1 aromatic heterocycles. The fourth-order valence-corrected chi connectivity index (χ4v) is 1.58. The highest BCUT2D eigenvalue weighted by molar-refractivity contribution is 7.19. The summed E-state index contributed by atoms with van der Waals surface area (Å²) in [4.78, 5) is 3.87. The topological polar surface area (TPSA) is 63.0 Å². The number of hydrogen-bond acceptors (Lipinski definition) is 5. The Kier molecular flexibility index (Phi) is 2.68. The molecule has 78 valence electrons.